The average Bonchev–Trinajstić information content (AvgIpc) is 3.08. The van der Waals surface area contributed by atoms with E-state index in [4.69, 9.17) is 13.9 Å². The highest BCUT2D eigenvalue weighted by atomic mass is 16.5. The lowest BCUT2D eigenvalue weighted by molar-refractivity contribution is -0.124. The fourth-order valence-electron chi connectivity index (χ4n) is 2.77. The maximum absolute atomic E-state index is 12.5. The second-order valence-corrected chi connectivity index (χ2v) is 6.38. The molecule has 3 rings (SSSR count). The second-order valence-electron chi connectivity index (χ2n) is 6.38. The lowest BCUT2D eigenvalue weighted by Gasteiger charge is -2.07. The maximum Gasteiger partial charge on any atom is 0.375 e. The third kappa shape index (κ3) is 4.78. The molecule has 0 radical (unpaired) electrons. The molecule has 3 aromatic rings. The number of aryl methyl sites for hydroxylation is 1. The first kappa shape index (κ1) is 19.6. The van der Waals surface area contributed by atoms with Gasteiger partial charge >= 0.3 is 5.97 Å². The summed E-state index contributed by atoms with van der Waals surface area (Å²) >= 11 is 0. The minimum absolute atomic E-state index is 0.0704. The van der Waals surface area contributed by atoms with Crippen molar-refractivity contribution in [2.75, 3.05) is 13.2 Å². The Morgan fingerprint density at radius 2 is 1.82 bits per heavy atom. The van der Waals surface area contributed by atoms with Crippen molar-refractivity contribution in [3.8, 4) is 0 Å². The van der Waals surface area contributed by atoms with Crippen LogP contribution in [-0.2, 0) is 27.4 Å². The van der Waals surface area contributed by atoms with Gasteiger partial charge in [0.15, 0.2) is 6.61 Å². The summed E-state index contributed by atoms with van der Waals surface area (Å²) in [5, 5.41) is 3.53. The Morgan fingerprint density at radius 1 is 1.07 bits per heavy atom. The molecule has 0 bridgehead atoms. The fourth-order valence-corrected chi connectivity index (χ4v) is 2.77. The van der Waals surface area contributed by atoms with Gasteiger partial charge in [-0.2, -0.15) is 0 Å². The third-order valence-electron chi connectivity index (χ3n) is 4.28. The molecule has 0 saturated carbocycles. The van der Waals surface area contributed by atoms with Crippen molar-refractivity contribution in [2.45, 2.75) is 27.0 Å². The molecule has 1 N–H and O–H groups in total. The van der Waals surface area contributed by atoms with Crippen LogP contribution in [0, 0.1) is 6.92 Å². The molecule has 2 aromatic carbocycles. The molecule has 6 nitrogen and oxygen atoms in total. The molecule has 0 aliphatic heterocycles. The first-order chi connectivity index (χ1) is 13.6. The summed E-state index contributed by atoms with van der Waals surface area (Å²) in [6, 6.07) is 15.1. The zero-order chi connectivity index (χ0) is 19.9. The zero-order valence-corrected chi connectivity index (χ0v) is 16.0. The summed E-state index contributed by atoms with van der Waals surface area (Å²) in [5.74, 6) is -0.992. The predicted molar refractivity (Wildman–Crippen MR) is 105 cm³/mol. The standard InChI is InChI=1S/C22H23NO5/c1-3-26-13-18-17-6-4-5-7-19(17)28-21(18)22(25)27-14-20(24)23-12-16-10-8-15(2)9-11-16/h4-11H,3,12-14H2,1-2H3,(H,23,24). The van der Waals surface area contributed by atoms with Crippen molar-refractivity contribution >= 4 is 22.8 Å². The van der Waals surface area contributed by atoms with Crippen molar-refractivity contribution in [2.24, 2.45) is 0 Å². The number of esters is 1. The highest BCUT2D eigenvalue weighted by Crippen LogP contribution is 2.27. The van der Waals surface area contributed by atoms with Gasteiger partial charge in [0, 0.05) is 24.1 Å². The van der Waals surface area contributed by atoms with Gasteiger partial charge < -0.3 is 19.2 Å². The van der Waals surface area contributed by atoms with Crippen molar-refractivity contribution in [3.63, 3.8) is 0 Å². The minimum Gasteiger partial charge on any atom is -0.450 e. The molecular weight excluding hydrogens is 358 g/mol. The summed E-state index contributed by atoms with van der Waals surface area (Å²) in [6.07, 6.45) is 0. The quantitative estimate of drug-likeness (QED) is 0.601. The number of fused-ring (bicyclic) bond motifs is 1. The van der Waals surface area contributed by atoms with E-state index >= 15 is 0 Å². The van der Waals surface area contributed by atoms with Crippen LogP contribution in [0.5, 0.6) is 0 Å². The summed E-state index contributed by atoms with van der Waals surface area (Å²) in [6.45, 7) is 4.61. The van der Waals surface area contributed by atoms with E-state index in [1.807, 2.05) is 56.3 Å². The van der Waals surface area contributed by atoms with Crippen LogP contribution in [0.15, 0.2) is 52.9 Å². The molecule has 0 fully saturated rings. The van der Waals surface area contributed by atoms with E-state index in [9.17, 15) is 9.59 Å². The van der Waals surface area contributed by atoms with Crippen LogP contribution in [0.25, 0.3) is 11.0 Å². The number of hydrogen-bond acceptors (Lipinski definition) is 5. The summed E-state index contributed by atoms with van der Waals surface area (Å²) in [7, 11) is 0. The zero-order valence-electron chi connectivity index (χ0n) is 16.0. The molecule has 0 saturated heterocycles. The number of para-hydroxylation sites is 1. The SMILES string of the molecule is CCOCc1c(C(=O)OCC(=O)NCc2ccc(C)cc2)oc2ccccc12. The van der Waals surface area contributed by atoms with E-state index in [2.05, 4.69) is 5.32 Å². The molecular formula is C22H23NO5. The molecule has 0 aliphatic carbocycles. The first-order valence-electron chi connectivity index (χ1n) is 9.16. The van der Waals surface area contributed by atoms with Gasteiger partial charge in [0.25, 0.3) is 5.91 Å². The average molecular weight is 381 g/mol. The van der Waals surface area contributed by atoms with Gasteiger partial charge in [-0.25, -0.2) is 4.79 Å². The number of rotatable bonds is 8. The van der Waals surface area contributed by atoms with Gasteiger partial charge in [0.05, 0.1) is 6.61 Å². The van der Waals surface area contributed by atoms with Crippen LogP contribution in [-0.4, -0.2) is 25.1 Å². The first-order valence-corrected chi connectivity index (χ1v) is 9.16. The number of carbonyl (C=O) groups excluding carboxylic acids is 2. The van der Waals surface area contributed by atoms with Crippen LogP contribution < -0.4 is 5.32 Å². The summed E-state index contributed by atoms with van der Waals surface area (Å²) < 4.78 is 16.2. The maximum atomic E-state index is 12.5. The Balaban J connectivity index is 1.61. The number of amides is 1. The van der Waals surface area contributed by atoms with E-state index in [-0.39, 0.29) is 24.9 Å². The van der Waals surface area contributed by atoms with Gasteiger partial charge in [-0.3, -0.25) is 4.79 Å². The molecule has 1 aromatic heterocycles. The van der Waals surface area contributed by atoms with Gasteiger partial charge in [0.2, 0.25) is 5.76 Å². The van der Waals surface area contributed by atoms with E-state index in [1.54, 1.807) is 6.07 Å². The van der Waals surface area contributed by atoms with Crippen LogP contribution in [0.4, 0.5) is 0 Å². The van der Waals surface area contributed by atoms with Gasteiger partial charge in [0.1, 0.15) is 5.58 Å². The Bertz CT molecular complexity index is 959. The third-order valence-corrected chi connectivity index (χ3v) is 4.28. The number of hydrogen-bond donors (Lipinski definition) is 1. The second kappa shape index (κ2) is 9.19. The van der Waals surface area contributed by atoms with Crippen LogP contribution >= 0.6 is 0 Å². The van der Waals surface area contributed by atoms with Crippen molar-refractivity contribution in [1.29, 1.82) is 0 Å². The molecule has 0 atom stereocenters. The van der Waals surface area contributed by atoms with E-state index < -0.39 is 5.97 Å². The van der Waals surface area contributed by atoms with Crippen molar-refractivity contribution in [3.05, 3.63) is 71.0 Å². The van der Waals surface area contributed by atoms with E-state index in [0.717, 1.165) is 16.5 Å². The van der Waals surface area contributed by atoms with Gasteiger partial charge in [-0.1, -0.05) is 48.0 Å². The molecule has 6 heteroatoms. The molecule has 1 amide bonds. The fraction of sp³-hybridized carbons (Fsp3) is 0.273. The minimum atomic E-state index is -0.684. The number of ether oxygens (including phenoxy) is 2. The molecule has 0 aliphatic rings. The van der Waals surface area contributed by atoms with Crippen molar-refractivity contribution in [1.82, 2.24) is 5.32 Å². The Kier molecular flexibility index (Phi) is 6.45. The van der Waals surface area contributed by atoms with Crippen LogP contribution in [0.2, 0.25) is 0 Å². The van der Waals surface area contributed by atoms with E-state index in [0.29, 0.717) is 24.3 Å². The molecule has 0 spiro atoms. The highest BCUT2D eigenvalue weighted by Gasteiger charge is 2.22. The number of benzene rings is 2. The lowest BCUT2D eigenvalue weighted by atomic mass is 10.1. The normalized spacial score (nSPS) is 10.8. The summed E-state index contributed by atoms with van der Waals surface area (Å²) in [4.78, 5) is 24.5. The lowest BCUT2D eigenvalue weighted by Crippen LogP contribution is -2.28. The molecule has 28 heavy (non-hydrogen) atoms. The predicted octanol–water partition coefficient (Wildman–Crippen LogP) is 3.75. The van der Waals surface area contributed by atoms with Gasteiger partial charge in [-0.15, -0.1) is 0 Å². The van der Waals surface area contributed by atoms with Crippen molar-refractivity contribution < 1.29 is 23.5 Å². The van der Waals surface area contributed by atoms with Gasteiger partial charge in [-0.05, 0) is 25.5 Å². The Hall–Kier alpha value is -3.12. The largest absolute Gasteiger partial charge is 0.450 e. The van der Waals surface area contributed by atoms with Crippen LogP contribution in [0.1, 0.15) is 34.2 Å². The smallest absolute Gasteiger partial charge is 0.375 e. The molecule has 146 valence electrons. The topological polar surface area (TPSA) is 77.8 Å². The summed E-state index contributed by atoms with van der Waals surface area (Å²) in [5.41, 5.74) is 3.33. The highest BCUT2D eigenvalue weighted by molar-refractivity contribution is 5.96. The number of nitrogens with one attached hydrogen (secondary N) is 1. The number of carbonyl (C=O) groups is 2. The molecule has 1 heterocycles. The van der Waals surface area contributed by atoms with E-state index in [1.165, 1.54) is 0 Å². The van der Waals surface area contributed by atoms with Crippen LogP contribution in [0.3, 0.4) is 0 Å². The molecule has 0 unspecified atom stereocenters. The Morgan fingerprint density at radius 3 is 2.57 bits per heavy atom. The monoisotopic (exact) mass is 381 g/mol. The number of furan rings is 1. The Labute approximate surface area is 163 Å².